The molecule has 2 aromatic heterocycles. The van der Waals surface area contributed by atoms with Gasteiger partial charge >= 0.3 is 5.97 Å². The maximum atomic E-state index is 13.7. The molecular formula is C23H25N5O5S2. The number of hydrogen-bond donors (Lipinski definition) is 1. The Balaban J connectivity index is 1.94. The number of piperazine rings is 1. The first-order valence-corrected chi connectivity index (χ1v) is 12.3. The highest BCUT2D eigenvalue weighted by Crippen LogP contribution is 2.35. The highest BCUT2D eigenvalue weighted by Gasteiger charge is 2.37. The van der Waals surface area contributed by atoms with Gasteiger partial charge in [0.05, 0.1) is 24.0 Å². The zero-order chi connectivity index (χ0) is 25.4. The Labute approximate surface area is 211 Å². The van der Waals surface area contributed by atoms with E-state index in [1.54, 1.807) is 17.2 Å². The molecule has 0 bridgehead atoms. The number of pyridine rings is 1. The molecule has 2 aromatic rings. The molecule has 4 rings (SSSR count). The minimum Gasteiger partial charge on any atom is -0.469 e. The summed E-state index contributed by atoms with van der Waals surface area (Å²) in [5.74, 6) is -1.00. The maximum Gasteiger partial charge on any atom is 0.308 e. The summed E-state index contributed by atoms with van der Waals surface area (Å²) in [6, 6.07) is 2.50. The number of nitrogens with one attached hydrogen (secondary N) is 1. The minimum absolute atomic E-state index is 0.137. The average molecular weight is 516 g/mol. The SMILES string of the molecule is COC(=O)CC1C(=O)NCCN1c1nc2c(C)cccn2c(=O)c1/C=C1\SC(=S)N(C(C)C)C1=O. The lowest BCUT2D eigenvalue weighted by Gasteiger charge is -2.36. The van der Waals surface area contributed by atoms with E-state index in [1.807, 2.05) is 26.8 Å². The van der Waals surface area contributed by atoms with Crippen LogP contribution in [0.1, 0.15) is 31.4 Å². The molecule has 184 valence electrons. The van der Waals surface area contributed by atoms with Gasteiger partial charge < -0.3 is 15.0 Å². The topological polar surface area (TPSA) is 113 Å². The van der Waals surface area contributed by atoms with Crippen LogP contribution < -0.4 is 15.8 Å². The molecule has 0 radical (unpaired) electrons. The van der Waals surface area contributed by atoms with E-state index in [-0.39, 0.29) is 35.7 Å². The Kier molecular flexibility index (Phi) is 6.95. The molecular weight excluding hydrogens is 490 g/mol. The number of aryl methyl sites for hydroxylation is 1. The molecule has 2 amide bonds. The van der Waals surface area contributed by atoms with Gasteiger partial charge in [0, 0.05) is 25.3 Å². The second-order valence-electron chi connectivity index (χ2n) is 8.46. The molecule has 0 spiro atoms. The fraction of sp³-hybridized carbons (Fsp3) is 0.391. The summed E-state index contributed by atoms with van der Waals surface area (Å²) >= 11 is 6.49. The Morgan fingerprint density at radius 3 is 2.77 bits per heavy atom. The largest absolute Gasteiger partial charge is 0.469 e. The van der Waals surface area contributed by atoms with Crippen LogP contribution in [-0.2, 0) is 19.1 Å². The van der Waals surface area contributed by atoms with E-state index in [0.717, 1.165) is 17.3 Å². The van der Waals surface area contributed by atoms with Gasteiger partial charge in [0.15, 0.2) is 0 Å². The Hall–Kier alpha value is -3.25. The molecule has 1 atom stereocenters. The van der Waals surface area contributed by atoms with Crippen LogP contribution in [-0.4, -0.2) is 68.7 Å². The smallest absolute Gasteiger partial charge is 0.308 e. The number of aromatic nitrogens is 2. The highest BCUT2D eigenvalue weighted by atomic mass is 32.2. The van der Waals surface area contributed by atoms with Crippen molar-refractivity contribution in [1.29, 1.82) is 0 Å². The first-order valence-electron chi connectivity index (χ1n) is 11.0. The summed E-state index contributed by atoms with van der Waals surface area (Å²) in [6.45, 7) is 6.17. The maximum absolute atomic E-state index is 13.7. The quantitative estimate of drug-likeness (QED) is 0.359. The monoisotopic (exact) mass is 515 g/mol. The molecule has 2 aliphatic rings. The summed E-state index contributed by atoms with van der Waals surface area (Å²) in [6.07, 6.45) is 2.88. The lowest BCUT2D eigenvalue weighted by Crippen LogP contribution is -2.57. The first-order chi connectivity index (χ1) is 16.6. The van der Waals surface area contributed by atoms with Crippen LogP contribution in [0, 0.1) is 6.92 Å². The number of methoxy groups -OCH3 is 1. The van der Waals surface area contributed by atoms with E-state index >= 15 is 0 Å². The van der Waals surface area contributed by atoms with Gasteiger partial charge in [-0.25, -0.2) is 4.98 Å². The predicted molar refractivity (Wildman–Crippen MR) is 137 cm³/mol. The van der Waals surface area contributed by atoms with Crippen LogP contribution in [0.3, 0.4) is 0 Å². The van der Waals surface area contributed by atoms with Crippen molar-refractivity contribution in [1.82, 2.24) is 19.6 Å². The van der Waals surface area contributed by atoms with Crippen LogP contribution in [0.15, 0.2) is 28.0 Å². The minimum atomic E-state index is -0.924. The average Bonchev–Trinajstić information content (AvgIpc) is 3.10. The second-order valence-corrected chi connectivity index (χ2v) is 10.1. The summed E-state index contributed by atoms with van der Waals surface area (Å²) in [5, 5.41) is 2.75. The molecule has 2 aliphatic heterocycles. The number of thioether (sulfide) groups is 1. The van der Waals surface area contributed by atoms with Gasteiger partial charge in [0.1, 0.15) is 21.8 Å². The second kappa shape index (κ2) is 9.78. The zero-order valence-electron chi connectivity index (χ0n) is 19.7. The van der Waals surface area contributed by atoms with Crippen LogP contribution in [0.2, 0.25) is 0 Å². The van der Waals surface area contributed by atoms with Crippen molar-refractivity contribution in [2.24, 2.45) is 0 Å². The molecule has 0 aliphatic carbocycles. The number of amides is 2. The Morgan fingerprint density at radius 2 is 2.11 bits per heavy atom. The number of carbonyl (C=O) groups excluding carboxylic acids is 3. The van der Waals surface area contributed by atoms with Gasteiger partial charge in [-0.2, -0.15) is 0 Å². The van der Waals surface area contributed by atoms with Crippen LogP contribution >= 0.6 is 24.0 Å². The van der Waals surface area contributed by atoms with E-state index in [4.69, 9.17) is 21.9 Å². The van der Waals surface area contributed by atoms with Gasteiger partial charge in [-0.15, -0.1) is 0 Å². The number of anilines is 1. The third-order valence-corrected chi connectivity index (χ3v) is 7.20. The summed E-state index contributed by atoms with van der Waals surface area (Å²) < 4.78 is 6.60. The number of esters is 1. The molecule has 35 heavy (non-hydrogen) atoms. The molecule has 12 heteroatoms. The van der Waals surface area contributed by atoms with Crippen molar-refractivity contribution in [2.45, 2.75) is 39.3 Å². The number of nitrogens with zero attached hydrogens (tertiary/aromatic N) is 4. The fourth-order valence-corrected chi connectivity index (χ4v) is 5.62. The van der Waals surface area contributed by atoms with Crippen LogP contribution in [0.5, 0.6) is 0 Å². The van der Waals surface area contributed by atoms with E-state index in [0.29, 0.717) is 28.0 Å². The third-order valence-electron chi connectivity index (χ3n) is 5.87. The number of ether oxygens (including phenoxy) is 1. The number of fused-ring (bicyclic) bond motifs is 1. The van der Waals surface area contributed by atoms with Crippen molar-refractivity contribution in [2.75, 3.05) is 25.1 Å². The number of rotatable bonds is 5. The summed E-state index contributed by atoms with van der Waals surface area (Å²) in [5.41, 5.74) is 0.921. The van der Waals surface area contributed by atoms with Gasteiger partial charge in [-0.1, -0.05) is 30.0 Å². The van der Waals surface area contributed by atoms with Crippen molar-refractivity contribution >= 4 is 63.6 Å². The molecule has 1 unspecified atom stereocenters. The molecule has 2 saturated heterocycles. The summed E-state index contributed by atoms with van der Waals surface area (Å²) in [7, 11) is 1.25. The molecule has 2 fully saturated rings. The molecule has 0 saturated carbocycles. The van der Waals surface area contributed by atoms with Gasteiger partial charge in [-0.3, -0.25) is 28.5 Å². The van der Waals surface area contributed by atoms with Crippen molar-refractivity contribution < 1.29 is 19.1 Å². The molecule has 10 nitrogen and oxygen atoms in total. The third kappa shape index (κ3) is 4.55. The van der Waals surface area contributed by atoms with E-state index in [1.165, 1.54) is 22.5 Å². The molecule has 4 heterocycles. The van der Waals surface area contributed by atoms with Crippen LogP contribution in [0.25, 0.3) is 11.7 Å². The lowest BCUT2D eigenvalue weighted by molar-refractivity contribution is -0.143. The predicted octanol–water partition coefficient (Wildman–Crippen LogP) is 1.48. The fourth-order valence-electron chi connectivity index (χ4n) is 4.11. The Bertz CT molecular complexity index is 1340. The molecule has 1 N–H and O–H groups in total. The van der Waals surface area contributed by atoms with Gasteiger partial charge in [0.25, 0.3) is 11.5 Å². The Morgan fingerprint density at radius 1 is 1.37 bits per heavy atom. The number of hydrogen-bond acceptors (Lipinski definition) is 9. The lowest BCUT2D eigenvalue weighted by atomic mass is 10.1. The van der Waals surface area contributed by atoms with E-state index in [2.05, 4.69) is 5.32 Å². The standard InChI is InChI=1S/C23H25N5O5S2/c1-12(2)28-22(32)16(35-23(28)34)10-14-19(25-18-13(3)6-5-8-27(18)21(14)31)26-9-7-24-20(30)15(26)11-17(29)33-4/h5-6,8,10,12,15H,7,9,11H2,1-4H3,(H,24,30)/b16-10-. The number of carbonyl (C=O) groups is 3. The van der Waals surface area contributed by atoms with Crippen molar-refractivity contribution in [3.05, 3.63) is 44.7 Å². The first kappa shape index (κ1) is 24.9. The van der Waals surface area contributed by atoms with Gasteiger partial charge in [0.2, 0.25) is 5.91 Å². The van der Waals surface area contributed by atoms with E-state index in [9.17, 15) is 19.2 Å². The van der Waals surface area contributed by atoms with Gasteiger partial charge in [-0.05, 0) is 38.5 Å². The summed E-state index contributed by atoms with van der Waals surface area (Å²) in [4.78, 5) is 59.8. The normalized spacial score (nSPS) is 19.7. The van der Waals surface area contributed by atoms with E-state index < -0.39 is 17.6 Å². The van der Waals surface area contributed by atoms with Crippen LogP contribution in [0.4, 0.5) is 5.82 Å². The van der Waals surface area contributed by atoms with Crippen molar-refractivity contribution in [3.8, 4) is 0 Å². The highest BCUT2D eigenvalue weighted by molar-refractivity contribution is 8.26. The zero-order valence-corrected chi connectivity index (χ0v) is 21.4. The van der Waals surface area contributed by atoms with Crippen molar-refractivity contribution in [3.63, 3.8) is 0 Å². The molecule has 0 aromatic carbocycles. The number of thiocarbonyl (C=S) groups is 1.